The van der Waals surface area contributed by atoms with Crippen LogP contribution < -0.4 is 16.6 Å². The van der Waals surface area contributed by atoms with Gasteiger partial charge in [0.25, 0.3) is 5.56 Å². The lowest BCUT2D eigenvalue weighted by Gasteiger charge is -2.16. The van der Waals surface area contributed by atoms with E-state index in [0.29, 0.717) is 16.4 Å². The maximum Gasteiger partial charge on any atom is 0.331 e. The Morgan fingerprint density at radius 2 is 2.10 bits per heavy atom. The molecule has 7 heteroatoms. The summed E-state index contributed by atoms with van der Waals surface area (Å²) in [5, 5.41) is 12.7. The first-order valence-electron chi connectivity index (χ1n) is 6.44. The maximum atomic E-state index is 12.2. The van der Waals surface area contributed by atoms with E-state index in [1.807, 2.05) is 0 Å². The number of aliphatic hydroxyl groups excluding tert-OH is 1. The molecule has 0 bridgehead atoms. The van der Waals surface area contributed by atoms with Gasteiger partial charge in [0.15, 0.2) is 0 Å². The van der Waals surface area contributed by atoms with Gasteiger partial charge in [-0.3, -0.25) is 13.9 Å². The standard InChI is InChI=1S/C13H21N3O3S/c1-5-8-20-10(3)14-11-9(2)16(6-7-17)13(19)15(4)12(11)18/h14,17H,3,5-8H2,1-2,4H3. The highest BCUT2D eigenvalue weighted by molar-refractivity contribution is 8.03. The summed E-state index contributed by atoms with van der Waals surface area (Å²) in [5.74, 6) is 0.904. The van der Waals surface area contributed by atoms with Gasteiger partial charge in [0, 0.05) is 12.7 Å². The molecular formula is C13H21N3O3S. The monoisotopic (exact) mass is 299 g/mol. The van der Waals surface area contributed by atoms with Crippen molar-refractivity contribution in [2.24, 2.45) is 7.05 Å². The van der Waals surface area contributed by atoms with Gasteiger partial charge in [-0.25, -0.2) is 4.79 Å². The highest BCUT2D eigenvalue weighted by atomic mass is 32.2. The highest BCUT2D eigenvalue weighted by Gasteiger charge is 2.14. The predicted molar refractivity (Wildman–Crippen MR) is 83.3 cm³/mol. The summed E-state index contributed by atoms with van der Waals surface area (Å²) in [5.41, 5.74) is 0.0124. The van der Waals surface area contributed by atoms with Crippen LogP contribution in [0.15, 0.2) is 21.2 Å². The van der Waals surface area contributed by atoms with Crippen LogP contribution in [0.3, 0.4) is 0 Å². The Morgan fingerprint density at radius 3 is 2.65 bits per heavy atom. The summed E-state index contributed by atoms with van der Waals surface area (Å²) in [4.78, 5) is 24.1. The minimum Gasteiger partial charge on any atom is -0.395 e. The normalized spacial score (nSPS) is 10.6. The number of aromatic nitrogens is 2. The van der Waals surface area contributed by atoms with Gasteiger partial charge in [-0.2, -0.15) is 0 Å². The molecule has 1 heterocycles. The van der Waals surface area contributed by atoms with Crippen molar-refractivity contribution in [3.8, 4) is 0 Å². The molecule has 0 fully saturated rings. The first-order valence-corrected chi connectivity index (χ1v) is 7.42. The molecule has 1 rings (SSSR count). The number of nitrogens with one attached hydrogen (secondary N) is 1. The van der Waals surface area contributed by atoms with Crippen LogP contribution >= 0.6 is 11.8 Å². The third-order valence-corrected chi connectivity index (χ3v) is 3.93. The molecule has 6 nitrogen and oxygen atoms in total. The van der Waals surface area contributed by atoms with Crippen LogP contribution in [0.5, 0.6) is 0 Å². The smallest absolute Gasteiger partial charge is 0.331 e. The van der Waals surface area contributed by atoms with Crippen LogP contribution in [0.2, 0.25) is 0 Å². The second-order valence-electron chi connectivity index (χ2n) is 4.38. The molecule has 0 saturated heterocycles. The minimum absolute atomic E-state index is 0.155. The average Bonchev–Trinajstić information content (AvgIpc) is 2.43. The summed E-state index contributed by atoms with van der Waals surface area (Å²) in [7, 11) is 1.42. The number of anilines is 1. The second-order valence-corrected chi connectivity index (χ2v) is 5.57. The van der Waals surface area contributed by atoms with Gasteiger partial charge in [-0.15, -0.1) is 11.8 Å². The molecule has 0 amide bonds. The Balaban J connectivity index is 3.22. The van der Waals surface area contributed by atoms with Gasteiger partial charge < -0.3 is 10.4 Å². The molecular weight excluding hydrogens is 278 g/mol. The number of hydrogen-bond donors (Lipinski definition) is 2. The zero-order valence-electron chi connectivity index (χ0n) is 12.1. The van der Waals surface area contributed by atoms with Crippen molar-refractivity contribution in [2.45, 2.75) is 26.8 Å². The topological polar surface area (TPSA) is 76.3 Å². The van der Waals surface area contributed by atoms with E-state index in [2.05, 4.69) is 18.8 Å². The van der Waals surface area contributed by atoms with Crippen LogP contribution in [-0.4, -0.2) is 26.6 Å². The van der Waals surface area contributed by atoms with E-state index >= 15 is 0 Å². The number of aliphatic hydroxyl groups is 1. The van der Waals surface area contributed by atoms with Crippen LogP contribution in [0.25, 0.3) is 0 Å². The number of nitrogens with zero attached hydrogens (tertiary/aromatic N) is 2. The third-order valence-electron chi connectivity index (χ3n) is 2.87. The van der Waals surface area contributed by atoms with Crippen molar-refractivity contribution in [1.29, 1.82) is 0 Å². The first kappa shape index (κ1) is 16.6. The first-order chi connectivity index (χ1) is 9.43. The van der Waals surface area contributed by atoms with E-state index in [1.54, 1.807) is 6.92 Å². The van der Waals surface area contributed by atoms with Gasteiger partial charge in [-0.05, 0) is 19.1 Å². The zero-order chi connectivity index (χ0) is 15.3. The lowest BCUT2D eigenvalue weighted by atomic mass is 10.3. The molecule has 0 unspecified atom stereocenters. The van der Waals surface area contributed by atoms with Crippen molar-refractivity contribution >= 4 is 17.4 Å². The van der Waals surface area contributed by atoms with E-state index in [0.717, 1.165) is 16.7 Å². The average molecular weight is 299 g/mol. The zero-order valence-corrected chi connectivity index (χ0v) is 12.9. The molecule has 0 spiro atoms. The summed E-state index contributed by atoms with van der Waals surface area (Å²) in [6, 6.07) is 0. The van der Waals surface area contributed by atoms with E-state index in [9.17, 15) is 9.59 Å². The quantitative estimate of drug-likeness (QED) is 0.781. The fraction of sp³-hybridized carbons (Fsp3) is 0.538. The molecule has 0 radical (unpaired) electrons. The summed E-state index contributed by atoms with van der Waals surface area (Å²) in [6.07, 6.45) is 1.01. The molecule has 0 atom stereocenters. The van der Waals surface area contributed by atoms with Crippen molar-refractivity contribution in [3.05, 3.63) is 38.1 Å². The van der Waals surface area contributed by atoms with Gasteiger partial charge in [-0.1, -0.05) is 13.5 Å². The maximum absolute atomic E-state index is 12.2. The Labute approximate surface area is 122 Å². The molecule has 20 heavy (non-hydrogen) atoms. The third kappa shape index (κ3) is 3.55. The number of rotatable bonds is 7. The Morgan fingerprint density at radius 1 is 1.45 bits per heavy atom. The van der Waals surface area contributed by atoms with Crippen LogP contribution in [0.4, 0.5) is 5.69 Å². The lowest BCUT2D eigenvalue weighted by Crippen LogP contribution is -2.41. The Kier molecular flexibility index (Phi) is 6.09. The lowest BCUT2D eigenvalue weighted by molar-refractivity contribution is 0.270. The summed E-state index contributed by atoms with van der Waals surface area (Å²) >= 11 is 1.53. The number of thioether (sulfide) groups is 1. The van der Waals surface area contributed by atoms with Gasteiger partial charge in [0.05, 0.1) is 18.2 Å². The SMILES string of the molecule is C=C(Nc1c(C)n(CCO)c(=O)n(C)c1=O)SCCC. The molecule has 0 aliphatic carbocycles. The van der Waals surface area contributed by atoms with Gasteiger partial charge in [0.2, 0.25) is 0 Å². The highest BCUT2D eigenvalue weighted by Crippen LogP contribution is 2.17. The van der Waals surface area contributed by atoms with Crippen molar-refractivity contribution < 1.29 is 5.11 Å². The molecule has 2 N–H and O–H groups in total. The molecule has 0 aliphatic heterocycles. The summed E-state index contributed by atoms with van der Waals surface area (Å²) in [6.45, 7) is 7.60. The number of hydrogen-bond acceptors (Lipinski definition) is 5. The molecule has 112 valence electrons. The minimum atomic E-state index is -0.432. The van der Waals surface area contributed by atoms with Crippen LogP contribution in [0.1, 0.15) is 19.0 Å². The molecule has 1 aromatic heterocycles. The van der Waals surface area contributed by atoms with E-state index < -0.39 is 5.69 Å². The fourth-order valence-electron chi connectivity index (χ4n) is 1.78. The molecule has 0 aromatic carbocycles. The van der Waals surface area contributed by atoms with Crippen molar-refractivity contribution in [2.75, 3.05) is 17.7 Å². The molecule has 0 aliphatic rings. The van der Waals surface area contributed by atoms with Gasteiger partial charge >= 0.3 is 5.69 Å². The van der Waals surface area contributed by atoms with Gasteiger partial charge in [0.1, 0.15) is 5.69 Å². The molecule has 0 saturated carbocycles. The molecule has 1 aromatic rings. The largest absolute Gasteiger partial charge is 0.395 e. The Hall–Kier alpha value is -1.47. The summed E-state index contributed by atoms with van der Waals surface area (Å²) < 4.78 is 2.41. The van der Waals surface area contributed by atoms with Crippen LogP contribution in [0, 0.1) is 6.92 Å². The van der Waals surface area contributed by atoms with E-state index in [4.69, 9.17) is 5.11 Å². The van der Waals surface area contributed by atoms with Crippen molar-refractivity contribution in [1.82, 2.24) is 9.13 Å². The second kappa shape index (κ2) is 7.35. The fourth-order valence-corrected chi connectivity index (χ4v) is 2.40. The van der Waals surface area contributed by atoms with Crippen LogP contribution in [-0.2, 0) is 13.6 Å². The Bertz CT molecular complexity index is 604. The van der Waals surface area contributed by atoms with E-state index in [-0.39, 0.29) is 18.7 Å². The predicted octanol–water partition coefficient (Wildman–Crippen LogP) is 0.874. The van der Waals surface area contributed by atoms with E-state index in [1.165, 1.54) is 23.4 Å². The van der Waals surface area contributed by atoms with Crippen molar-refractivity contribution in [3.63, 3.8) is 0 Å².